The maximum absolute atomic E-state index is 8.79. The van der Waals surface area contributed by atoms with E-state index >= 15 is 0 Å². The first-order valence-corrected chi connectivity index (χ1v) is 5.59. The molecule has 5 heteroatoms. The highest BCUT2D eigenvalue weighted by molar-refractivity contribution is 5.84. The van der Waals surface area contributed by atoms with Crippen LogP contribution in [-0.4, -0.2) is 34.8 Å². The van der Waals surface area contributed by atoms with Crippen LogP contribution in [0.4, 0.5) is 5.95 Å². The molecule has 0 saturated heterocycles. The van der Waals surface area contributed by atoms with Crippen LogP contribution in [0.15, 0.2) is 24.3 Å². The van der Waals surface area contributed by atoms with Gasteiger partial charge in [-0.2, -0.15) is 4.98 Å². The van der Waals surface area contributed by atoms with Crippen LogP contribution in [0.5, 0.6) is 5.88 Å². The summed E-state index contributed by atoms with van der Waals surface area (Å²) >= 11 is 0. The zero-order chi connectivity index (χ0) is 12.1. The predicted molar refractivity (Wildman–Crippen MR) is 66.3 cm³/mol. The van der Waals surface area contributed by atoms with Gasteiger partial charge in [0.05, 0.1) is 17.5 Å². The number of hydrogen-bond donors (Lipinski definition) is 2. The Morgan fingerprint density at radius 1 is 1.29 bits per heavy atom. The lowest BCUT2D eigenvalue weighted by molar-refractivity contribution is 0.198. The molecule has 2 aromatic rings. The van der Waals surface area contributed by atoms with E-state index in [2.05, 4.69) is 15.3 Å². The number of aliphatic hydroxyl groups is 1. The molecule has 0 unspecified atom stereocenters. The summed E-state index contributed by atoms with van der Waals surface area (Å²) in [4.78, 5) is 8.64. The van der Waals surface area contributed by atoms with Gasteiger partial charge in [-0.15, -0.1) is 0 Å². The molecule has 0 bridgehead atoms. The third kappa shape index (κ3) is 2.62. The first-order chi connectivity index (χ1) is 8.35. The highest BCUT2D eigenvalue weighted by atomic mass is 16.5. The minimum Gasteiger partial charge on any atom is -0.475 e. The van der Waals surface area contributed by atoms with Gasteiger partial charge < -0.3 is 15.2 Å². The first kappa shape index (κ1) is 11.6. The van der Waals surface area contributed by atoms with Crippen LogP contribution in [-0.2, 0) is 0 Å². The van der Waals surface area contributed by atoms with Gasteiger partial charge in [0.2, 0.25) is 11.8 Å². The monoisotopic (exact) mass is 233 g/mol. The molecule has 2 rings (SSSR count). The zero-order valence-electron chi connectivity index (χ0n) is 9.68. The van der Waals surface area contributed by atoms with Crippen molar-refractivity contribution in [1.29, 1.82) is 0 Å². The lowest BCUT2D eigenvalue weighted by atomic mass is 10.2. The fraction of sp³-hybridized carbons (Fsp3) is 0.333. The van der Waals surface area contributed by atoms with Crippen LogP contribution < -0.4 is 10.1 Å². The molecule has 0 aliphatic rings. The summed E-state index contributed by atoms with van der Waals surface area (Å²) in [6.07, 6.45) is 0. The predicted octanol–water partition coefficient (Wildman–Crippen LogP) is 1.43. The number of fused-ring (bicyclic) bond motifs is 1. The fourth-order valence-electron chi connectivity index (χ4n) is 1.54. The van der Waals surface area contributed by atoms with Crippen molar-refractivity contribution in [2.75, 3.05) is 25.1 Å². The Morgan fingerprint density at radius 2 is 2.12 bits per heavy atom. The molecule has 0 spiro atoms. The number of aromatic nitrogens is 2. The fourth-order valence-corrected chi connectivity index (χ4v) is 1.54. The number of hydrogen-bond acceptors (Lipinski definition) is 5. The molecule has 0 aliphatic carbocycles. The van der Waals surface area contributed by atoms with E-state index in [9.17, 15) is 0 Å². The highest BCUT2D eigenvalue weighted by Gasteiger charge is 2.07. The maximum atomic E-state index is 8.79. The molecule has 1 aromatic carbocycles. The number of rotatable bonds is 5. The normalized spacial score (nSPS) is 10.5. The van der Waals surface area contributed by atoms with E-state index in [0.29, 0.717) is 11.8 Å². The summed E-state index contributed by atoms with van der Waals surface area (Å²) in [5, 5.41) is 12.7. The van der Waals surface area contributed by atoms with Gasteiger partial charge in [-0.05, 0) is 19.1 Å². The second-order valence-electron chi connectivity index (χ2n) is 3.47. The molecule has 2 N–H and O–H groups in total. The van der Waals surface area contributed by atoms with Crippen LogP contribution in [0.3, 0.4) is 0 Å². The van der Waals surface area contributed by atoms with Crippen LogP contribution in [0.25, 0.3) is 10.9 Å². The molecule has 0 aliphatic heterocycles. The van der Waals surface area contributed by atoms with Crippen LogP contribution in [0, 0.1) is 0 Å². The number of nitrogens with one attached hydrogen (secondary N) is 1. The smallest absolute Gasteiger partial charge is 0.226 e. The summed E-state index contributed by atoms with van der Waals surface area (Å²) in [7, 11) is 0. The van der Waals surface area contributed by atoms with Crippen molar-refractivity contribution in [3.63, 3.8) is 0 Å². The Morgan fingerprint density at radius 3 is 2.88 bits per heavy atom. The standard InChI is InChI=1S/C12H15N3O2/c1-2-13-12-14-10-6-4-3-5-9(10)11(15-12)17-8-7-16/h3-6,16H,2,7-8H2,1H3,(H,13,14,15). The summed E-state index contributed by atoms with van der Waals surface area (Å²) < 4.78 is 5.41. The lowest BCUT2D eigenvalue weighted by Gasteiger charge is -2.09. The Labute approximate surface area is 99.5 Å². The summed E-state index contributed by atoms with van der Waals surface area (Å²) in [6, 6.07) is 7.63. The van der Waals surface area contributed by atoms with Crippen molar-refractivity contribution in [1.82, 2.24) is 9.97 Å². The molecule has 0 atom stereocenters. The lowest BCUT2D eigenvalue weighted by Crippen LogP contribution is -2.07. The third-order valence-electron chi connectivity index (χ3n) is 2.23. The van der Waals surface area contributed by atoms with Crippen molar-refractivity contribution in [3.8, 4) is 5.88 Å². The van der Waals surface area contributed by atoms with Crippen molar-refractivity contribution in [2.45, 2.75) is 6.92 Å². The minimum absolute atomic E-state index is 0.0329. The Hall–Kier alpha value is -1.88. The van der Waals surface area contributed by atoms with Crippen molar-refractivity contribution in [3.05, 3.63) is 24.3 Å². The van der Waals surface area contributed by atoms with E-state index in [-0.39, 0.29) is 13.2 Å². The van der Waals surface area contributed by atoms with E-state index in [4.69, 9.17) is 9.84 Å². The largest absolute Gasteiger partial charge is 0.475 e. The maximum Gasteiger partial charge on any atom is 0.226 e. The number of benzene rings is 1. The number of aliphatic hydroxyl groups excluding tert-OH is 1. The molecular formula is C12H15N3O2. The molecular weight excluding hydrogens is 218 g/mol. The van der Waals surface area contributed by atoms with Gasteiger partial charge in [0, 0.05) is 6.54 Å². The Balaban J connectivity index is 2.45. The van der Waals surface area contributed by atoms with Crippen molar-refractivity contribution >= 4 is 16.9 Å². The molecule has 17 heavy (non-hydrogen) atoms. The molecule has 1 heterocycles. The average molecular weight is 233 g/mol. The van der Waals surface area contributed by atoms with Crippen LogP contribution >= 0.6 is 0 Å². The molecule has 0 radical (unpaired) electrons. The average Bonchev–Trinajstić information content (AvgIpc) is 2.36. The van der Waals surface area contributed by atoms with Gasteiger partial charge in [0.1, 0.15) is 6.61 Å². The van der Waals surface area contributed by atoms with Crippen LogP contribution in [0.1, 0.15) is 6.92 Å². The molecule has 5 nitrogen and oxygen atoms in total. The van der Waals surface area contributed by atoms with Gasteiger partial charge in [-0.3, -0.25) is 0 Å². The van der Waals surface area contributed by atoms with Gasteiger partial charge in [0.15, 0.2) is 0 Å². The molecule has 1 aromatic heterocycles. The topological polar surface area (TPSA) is 67.3 Å². The molecule has 90 valence electrons. The quantitative estimate of drug-likeness (QED) is 0.817. The summed E-state index contributed by atoms with van der Waals surface area (Å²) in [6.45, 7) is 2.92. The van der Waals surface area contributed by atoms with E-state index in [0.717, 1.165) is 17.4 Å². The number of nitrogens with zero attached hydrogens (tertiary/aromatic N) is 2. The van der Waals surface area contributed by atoms with Crippen LogP contribution in [0.2, 0.25) is 0 Å². The number of ether oxygens (including phenoxy) is 1. The second kappa shape index (κ2) is 5.45. The second-order valence-corrected chi connectivity index (χ2v) is 3.47. The molecule has 0 saturated carbocycles. The Bertz CT molecular complexity index is 502. The number of para-hydroxylation sites is 1. The van der Waals surface area contributed by atoms with Crippen molar-refractivity contribution < 1.29 is 9.84 Å². The van der Waals surface area contributed by atoms with E-state index < -0.39 is 0 Å². The van der Waals surface area contributed by atoms with Gasteiger partial charge >= 0.3 is 0 Å². The SMILES string of the molecule is CCNc1nc(OCCO)c2ccccc2n1. The first-order valence-electron chi connectivity index (χ1n) is 5.59. The molecule has 0 amide bonds. The van der Waals surface area contributed by atoms with E-state index in [1.165, 1.54) is 0 Å². The minimum atomic E-state index is -0.0329. The van der Waals surface area contributed by atoms with E-state index in [1.807, 2.05) is 31.2 Å². The van der Waals surface area contributed by atoms with Gasteiger partial charge in [0.25, 0.3) is 0 Å². The zero-order valence-corrected chi connectivity index (χ0v) is 9.68. The number of anilines is 1. The molecule has 0 fully saturated rings. The van der Waals surface area contributed by atoms with Gasteiger partial charge in [-0.1, -0.05) is 12.1 Å². The van der Waals surface area contributed by atoms with Gasteiger partial charge in [-0.25, -0.2) is 4.98 Å². The summed E-state index contributed by atoms with van der Waals surface area (Å²) in [5.74, 6) is 1.04. The van der Waals surface area contributed by atoms with Crippen molar-refractivity contribution in [2.24, 2.45) is 0 Å². The summed E-state index contributed by atoms with van der Waals surface area (Å²) in [5.41, 5.74) is 0.825. The highest BCUT2D eigenvalue weighted by Crippen LogP contribution is 2.23. The Kier molecular flexibility index (Phi) is 3.72. The van der Waals surface area contributed by atoms with E-state index in [1.54, 1.807) is 0 Å². The third-order valence-corrected chi connectivity index (χ3v) is 2.23.